The standard InChI is InChI=1S/C71H132O6/c1-4-7-10-13-16-19-22-25-28-30-31-32-33-34-35-36-37-38-39-40-42-43-46-49-52-55-58-61-64-70(73)76-67-68(66-75-69(72)63-60-57-54-51-48-45-27-24-21-18-15-12-9-6-3)77-71(74)65-62-59-56-53-50-47-44-41-29-26-23-20-17-14-11-8-5-2/h8,11,17,20,26,29,68H,4-7,9-10,12-16,18-19,21-25,27-28,30-67H2,1-3H3/b11-8-,20-17-,29-26-. The molecule has 0 aromatic rings. The van der Waals surface area contributed by atoms with Crippen LogP contribution in [0.4, 0.5) is 0 Å². The molecular weight excluding hydrogens is 949 g/mol. The summed E-state index contributed by atoms with van der Waals surface area (Å²) in [6, 6.07) is 0. The molecule has 452 valence electrons. The van der Waals surface area contributed by atoms with Crippen molar-refractivity contribution in [1.82, 2.24) is 0 Å². The largest absolute Gasteiger partial charge is 0.462 e. The maximum atomic E-state index is 12.9. The van der Waals surface area contributed by atoms with Gasteiger partial charge in [0, 0.05) is 19.3 Å². The highest BCUT2D eigenvalue weighted by molar-refractivity contribution is 5.71. The van der Waals surface area contributed by atoms with E-state index < -0.39 is 6.10 Å². The Hall–Kier alpha value is -2.37. The van der Waals surface area contributed by atoms with Crippen LogP contribution in [-0.4, -0.2) is 37.2 Å². The van der Waals surface area contributed by atoms with Gasteiger partial charge in [-0.15, -0.1) is 0 Å². The van der Waals surface area contributed by atoms with Crippen LogP contribution < -0.4 is 0 Å². The van der Waals surface area contributed by atoms with E-state index in [0.717, 1.165) is 83.5 Å². The molecular formula is C71H132O6. The van der Waals surface area contributed by atoms with Gasteiger partial charge < -0.3 is 14.2 Å². The minimum Gasteiger partial charge on any atom is -0.462 e. The number of hydrogen-bond acceptors (Lipinski definition) is 6. The fraction of sp³-hybridized carbons (Fsp3) is 0.873. The Kier molecular flexibility index (Phi) is 64.1. The molecule has 0 aliphatic carbocycles. The van der Waals surface area contributed by atoms with Crippen molar-refractivity contribution >= 4 is 17.9 Å². The van der Waals surface area contributed by atoms with Crippen LogP contribution in [0.25, 0.3) is 0 Å². The van der Waals surface area contributed by atoms with E-state index in [0.29, 0.717) is 19.3 Å². The molecule has 0 heterocycles. The molecule has 6 nitrogen and oxygen atoms in total. The Bertz CT molecular complexity index is 1290. The van der Waals surface area contributed by atoms with Crippen molar-refractivity contribution in [3.8, 4) is 0 Å². The monoisotopic (exact) mass is 1080 g/mol. The SMILES string of the molecule is CC/C=C\C/C=C\C/C=C\CCCCCCCCCC(=O)OC(COC(=O)CCCCCCCCCCCCCCCC)COC(=O)CCCCCCCCCCCCCCCCCCCCCCCCCCCCCC. The molecule has 0 fully saturated rings. The summed E-state index contributed by atoms with van der Waals surface area (Å²) < 4.78 is 17.0. The first kappa shape index (κ1) is 74.6. The van der Waals surface area contributed by atoms with E-state index in [-0.39, 0.29) is 31.1 Å². The molecule has 6 heteroatoms. The molecule has 0 spiro atoms. The number of ether oxygens (including phenoxy) is 3. The number of hydrogen-bond donors (Lipinski definition) is 0. The highest BCUT2D eigenvalue weighted by atomic mass is 16.6. The van der Waals surface area contributed by atoms with Crippen molar-refractivity contribution in [1.29, 1.82) is 0 Å². The van der Waals surface area contributed by atoms with Crippen LogP contribution in [0.1, 0.15) is 380 Å². The number of carbonyl (C=O) groups excluding carboxylic acids is 3. The van der Waals surface area contributed by atoms with Gasteiger partial charge in [-0.05, 0) is 51.4 Å². The molecule has 0 aromatic heterocycles. The van der Waals surface area contributed by atoms with Crippen molar-refractivity contribution in [3.63, 3.8) is 0 Å². The molecule has 0 amide bonds. The predicted molar refractivity (Wildman–Crippen MR) is 335 cm³/mol. The van der Waals surface area contributed by atoms with Crippen molar-refractivity contribution in [3.05, 3.63) is 36.5 Å². The third-order valence-electron chi connectivity index (χ3n) is 15.7. The van der Waals surface area contributed by atoms with Gasteiger partial charge in [-0.3, -0.25) is 14.4 Å². The van der Waals surface area contributed by atoms with E-state index in [9.17, 15) is 14.4 Å². The molecule has 1 atom stereocenters. The van der Waals surface area contributed by atoms with Gasteiger partial charge in [0.1, 0.15) is 13.2 Å². The molecule has 0 rings (SSSR count). The third kappa shape index (κ3) is 64.3. The molecule has 77 heavy (non-hydrogen) atoms. The number of esters is 3. The normalized spacial score (nSPS) is 12.2. The fourth-order valence-corrected chi connectivity index (χ4v) is 10.5. The quantitative estimate of drug-likeness (QED) is 0.0261. The lowest BCUT2D eigenvalue weighted by Gasteiger charge is -2.18. The molecule has 0 aliphatic heterocycles. The van der Waals surface area contributed by atoms with E-state index in [4.69, 9.17) is 14.2 Å². The van der Waals surface area contributed by atoms with Crippen LogP contribution in [0.5, 0.6) is 0 Å². The third-order valence-corrected chi connectivity index (χ3v) is 15.7. The van der Waals surface area contributed by atoms with Crippen molar-refractivity contribution < 1.29 is 28.6 Å². The van der Waals surface area contributed by atoms with E-state index in [1.54, 1.807) is 0 Å². The van der Waals surface area contributed by atoms with Gasteiger partial charge in [0.05, 0.1) is 0 Å². The van der Waals surface area contributed by atoms with Crippen molar-refractivity contribution in [2.45, 2.75) is 386 Å². The minimum absolute atomic E-state index is 0.0707. The van der Waals surface area contributed by atoms with Crippen LogP contribution in [-0.2, 0) is 28.6 Å². The van der Waals surface area contributed by atoms with Crippen molar-refractivity contribution in [2.24, 2.45) is 0 Å². The first-order chi connectivity index (χ1) is 38.0. The van der Waals surface area contributed by atoms with Crippen LogP contribution in [0.2, 0.25) is 0 Å². The van der Waals surface area contributed by atoms with Gasteiger partial charge in [-0.25, -0.2) is 0 Å². The summed E-state index contributed by atoms with van der Waals surface area (Å²) in [4.78, 5) is 38.4. The van der Waals surface area contributed by atoms with Gasteiger partial charge >= 0.3 is 17.9 Å². The van der Waals surface area contributed by atoms with Gasteiger partial charge in [-0.1, -0.05) is 346 Å². The van der Waals surface area contributed by atoms with Crippen molar-refractivity contribution in [2.75, 3.05) is 13.2 Å². The molecule has 1 unspecified atom stereocenters. The molecule has 0 N–H and O–H groups in total. The first-order valence-corrected chi connectivity index (χ1v) is 34.5. The highest BCUT2D eigenvalue weighted by Crippen LogP contribution is 2.19. The Labute approximate surface area is 480 Å². The Balaban J connectivity index is 4.19. The number of rotatable bonds is 64. The molecule has 0 saturated heterocycles. The van der Waals surface area contributed by atoms with E-state index >= 15 is 0 Å². The smallest absolute Gasteiger partial charge is 0.306 e. The summed E-state index contributed by atoms with van der Waals surface area (Å²) >= 11 is 0. The zero-order valence-corrected chi connectivity index (χ0v) is 52.0. The molecule has 0 saturated carbocycles. The Morgan fingerprint density at radius 1 is 0.273 bits per heavy atom. The van der Waals surface area contributed by atoms with Gasteiger partial charge in [-0.2, -0.15) is 0 Å². The topological polar surface area (TPSA) is 78.9 Å². The minimum atomic E-state index is -0.775. The average Bonchev–Trinajstić information content (AvgIpc) is 3.43. The fourth-order valence-electron chi connectivity index (χ4n) is 10.5. The second kappa shape index (κ2) is 66.1. The van der Waals surface area contributed by atoms with E-state index in [2.05, 4.69) is 57.2 Å². The molecule has 0 bridgehead atoms. The molecule has 0 radical (unpaired) electrons. The summed E-state index contributed by atoms with van der Waals surface area (Å²) in [6.07, 6.45) is 81.8. The summed E-state index contributed by atoms with van der Waals surface area (Å²) in [5.74, 6) is -0.853. The van der Waals surface area contributed by atoms with Gasteiger partial charge in [0.25, 0.3) is 0 Å². The van der Waals surface area contributed by atoms with Gasteiger partial charge in [0.15, 0.2) is 6.10 Å². The number of allylic oxidation sites excluding steroid dienone is 6. The highest BCUT2D eigenvalue weighted by Gasteiger charge is 2.19. The number of carbonyl (C=O) groups is 3. The van der Waals surface area contributed by atoms with Crippen LogP contribution in [0.3, 0.4) is 0 Å². The summed E-state index contributed by atoms with van der Waals surface area (Å²) in [5, 5.41) is 0. The second-order valence-electron chi connectivity index (χ2n) is 23.4. The van der Waals surface area contributed by atoms with E-state index in [1.165, 1.54) is 257 Å². The zero-order chi connectivity index (χ0) is 55.7. The lowest BCUT2D eigenvalue weighted by atomic mass is 10.0. The summed E-state index contributed by atoms with van der Waals surface area (Å²) in [5.41, 5.74) is 0. The lowest BCUT2D eigenvalue weighted by molar-refractivity contribution is -0.167. The predicted octanol–water partition coefficient (Wildman–Crippen LogP) is 23.6. The Morgan fingerprint density at radius 2 is 0.506 bits per heavy atom. The molecule has 0 aliphatic rings. The average molecular weight is 1080 g/mol. The van der Waals surface area contributed by atoms with Crippen LogP contribution in [0.15, 0.2) is 36.5 Å². The summed E-state index contributed by atoms with van der Waals surface area (Å²) in [6.45, 7) is 6.59. The Morgan fingerprint density at radius 3 is 0.792 bits per heavy atom. The van der Waals surface area contributed by atoms with E-state index in [1.807, 2.05) is 0 Å². The van der Waals surface area contributed by atoms with Crippen LogP contribution >= 0.6 is 0 Å². The molecule has 0 aromatic carbocycles. The first-order valence-electron chi connectivity index (χ1n) is 34.5. The lowest BCUT2D eigenvalue weighted by Crippen LogP contribution is -2.30. The number of unbranched alkanes of at least 4 members (excludes halogenated alkanes) is 47. The van der Waals surface area contributed by atoms with Gasteiger partial charge in [0.2, 0.25) is 0 Å². The maximum Gasteiger partial charge on any atom is 0.306 e. The maximum absolute atomic E-state index is 12.9. The second-order valence-corrected chi connectivity index (χ2v) is 23.4. The zero-order valence-electron chi connectivity index (χ0n) is 52.0. The summed E-state index contributed by atoms with van der Waals surface area (Å²) in [7, 11) is 0. The van der Waals surface area contributed by atoms with Crippen LogP contribution in [0, 0.1) is 0 Å².